The van der Waals surface area contributed by atoms with Crippen LogP contribution < -0.4 is 10.3 Å². The van der Waals surface area contributed by atoms with Gasteiger partial charge in [0.05, 0.1) is 35.2 Å². The molecule has 0 bridgehead atoms. The SMILES string of the molecule is CCOc1ccc(-n2c([C@H]3CN(C)CCN3C(=O)Cc3ccc(F)c(C(F)(F)F)c3)nc3ccccc3c2=O)cc1. The van der Waals surface area contributed by atoms with Gasteiger partial charge in [-0.2, -0.15) is 13.2 Å². The molecule has 0 radical (unpaired) electrons. The Balaban J connectivity index is 1.59. The summed E-state index contributed by atoms with van der Waals surface area (Å²) >= 11 is 0. The van der Waals surface area contributed by atoms with Crippen molar-refractivity contribution in [1.29, 1.82) is 0 Å². The van der Waals surface area contributed by atoms with Crippen molar-refractivity contribution in [2.24, 2.45) is 0 Å². The quantitative estimate of drug-likeness (QED) is 0.307. The summed E-state index contributed by atoms with van der Waals surface area (Å²) in [7, 11) is 1.88. The average Bonchev–Trinajstić information content (AvgIpc) is 2.94. The van der Waals surface area contributed by atoms with E-state index in [1.165, 1.54) is 15.5 Å². The van der Waals surface area contributed by atoms with Crippen molar-refractivity contribution in [1.82, 2.24) is 19.4 Å². The molecule has 1 aliphatic rings. The van der Waals surface area contributed by atoms with E-state index in [-0.39, 0.29) is 24.1 Å². The number of halogens is 4. The van der Waals surface area contributed by atoms with E-state index in [1.807, 2.05) is 18.9 Å². The van der Waals surface area contributed by atoms with Crippen molar-refractivity contribution in [2.75, 3.05) is 33.3 Å². The van der Waals surface area contributed by atoms with Gasteiger partial charge < -0.3 is 14.5 Å². The first-order valence-electron chi connectivity index (χ1n) is 13.2. The Morgan fingerprint density at radius 3 is 2.49 bits per heavy atom. The zero-order valence-corrected chi connectivity index (χ0v) is 22.5. The minimum Gasteiger partial charge on any atom is -0.494 e. The fourth-order valence-electron chi connectivity index (χ4n) is 5.10. The number of para-hydroxylation sites is 1. The fourth-order valence-corrected chi connectivity index (χ4v) is 5.10. The number of ether oxygens (including phenoxy) is 1. The molecule has 41 heavy (non-hydrogen) atoms. The number of likely N-dealkylation sites (N-methyl/N-ethyl adjacent to an activating group) is 1. The van der Waals surface area contributed by atoms with Gasteiger partial charge in [0.25, 0.3) is 5.56 Å². The second-order valence-electron chi connectivity index (χ2n) is 9.91. The number of piperazine rings is 1. The minimum atomic E-state index is -4.89. The molecule has 0 unspecified atom stereocenters. The zero-order valence-electron chi connectivity index (χ0n) is 22.5. The third-order valence-electron chi connectivity index (χ3n) is 7.10. The molecule has 0 N–H and O–H groups in total. The maximum Gasteiger partial charge on any atom is 0.419 e. The largest absolute Gasteiger partial charge is 0.494 e. The molecule has 4 aromatic rings. The number of hydrogen-bond acceptors (Lipinski definition) is 5. The molecule has 11 heteroatoms. The van der Waals surface area contributed by atoms with E-state index in [0.29, 0.717) is 53.9 Å². The lowest BCUT2D eigenvalue weighted by molar-refractivity contribution is -0.140. The van der Waals surface area contributed by atoms with Crippen LogP contribution in [0.25, 0.3) is 16.6 Å². The Kier molecular flexibility index (Phi) is 7.81. The predicted octanol–water partition coefficient (Wildman–Crippen LogP) is 5.00. The molecule has 2 heterocycles. The highest BCUT2D eigenvalue weighted by molar-refractivity contribution is 5.80. The van der Waals surface area contributed by atoms with E-state index in [2.05, 4.69) is 0 Å². The molecule has 5 rings (SSSR count). The maximum absolute atomic E-state index is 13.9. The summed E-state index contributed by atoms with van der Waals surface area (Å²) in [4.78, 5) is 35.8. The average molecular weight is 569 g/mol. The monoisotopic (exact) mass is 568 g/mol. The Bertz CT molecular complexity index is 1640. The van der Waals surface area contributed by atoms with Crippen LogP contribution >= 0.6 is 0 Å². The van der Waals surface area contributed by atoms with Gasteiger partial charge in [0.2, 0.25) is 5.91 Å². The molecule has 0 spiro atoms. The smallest absolute Gasteiger partial charge is 0.419 e. The van der Waals surface area contributed by atoms with Crippen molar-refractivity contribution in [3.05, 3.63) is 99.9 Å². The van der Waals surface area contributed by atoms with E-state index < -0.39 is 29.5 Å². The molecule has 1 aliphatic heterocycles. The van der Waals surface area contributed by atoms with Crippen molar-refractivity contribution in [3.63, 3.8) is 0 Å². The van der Waals surface area contributed by atoms with Gasteiger partial charge in [0.15, 0.2) is 0 Å². The molecular weight excluding hydrogens is 540 g/mol. The predicted molar refractivity (Wildman–Crippen MR) is 146 cm³/mol. The van der Waals surface area contributed by atoms with E-state index >= 15 is 0 Å². The molecule has 1 aromatic heterocycles. The van der Waals surface area contributed by atoms with Gasteiger partial charge in [-0.1, -0.05) is 18.2 Å². The van der Waals surface area contributed by atoms with Gasteiger partial charge in [0, 0.05) is 19.6 Å². The van der Waals surface area contributed by atoms with Crippen LogP contribution in [0.2, 0.25) is 0 Å². The number of alkyl halides is 3. The topological polar surface area (TPSA) is 67.7 Å². The number of fused-ring (bicyclic) bond motifs is 1. The molecule has 0 saturated carbocycles. The van der Waals surface area contributed by atoms with E-state index in [1.54, 1.807) is 48.5 Å². The first kappa shape index (κ1) is 28.3. The normalized spacial score (nSPS) is 16.2. The molecule has 1 atom stereocenters. The van der Waals surface area contributed by atoms with Gasteiger partial charge in [-0.05, 0) is 68.1 Å². The second-order valence-corrected chi connectivity index (χ2v) is 9.91. The van der Waals surface area contributed by atoms with Gasteiger partial charge in [-0.3, -0.25) is 14.2 Å². The van der Waals surface area contributed by atoms with Crippen molar-refractivity contribution >= 4 is 16.8 Å². The molecule has 1 saturated heterocycles. The Hall–Kier alpha value is -4.25. The Morgan fingerprint density at radius 2 is 1.78 bits per heavy atom. The number of carbonyl (C=O) groups excluding carboxylic acids is 1. The third-order valence-corrected chi connectivity index (χ3v) is 7.10. The summed E-state index contributed by atoms with van der Waals surface area (Å²) in [6.07, 6.45) is -5.26. The summed E-state index contributed by atoms with van der Waals surface area (Å²) in [5.74, 6) is -0.895. The fraction of sp³-hybridized carbons (Fsp3) is 0.300. The van der Waals surface area contributed by atoms with Crippen LogP contribution in [0.1, 0.15) is 29.9 Å². The first-order chi connectivity index (χ1) is 19.6. The number of aromatic nitrogens is 2. The highest BCUT2D eigenvalue weighted by atomic mass is 19.4. The number of rotatable bonds is 6. The number of hydrogen-bond donors (Lipinski definition) is 0. The molecular formula is C30H28F4N4O3. The summed E-state index contributed by atoms with van der Waals surface area (Å²) in [5, 5.41) is 0.401. The van der Waals surface area contributed by atoms with Crippen LogP contribution in [0.4, 0.5) is 17.6 Å². The number of benzene rings is 3. The maximum atomic E-state index is 13.9. The third kappa shape index (κ3) is 5.81. The molecule has 1 amide bonds. The number of nitrogens with zero attached hydrogens (tertiary/aromatic N) is 4. The number of carbonyl (C=O) groups is 1. The van der Waals surface area contributed by atoms with Crippen LogP contribution in [-0.2, 0) is 17.4 Å². The van der Waals surface area contributed by atoms with Crippen molar-refractivity contribution < 1.29 is 27.1 Å². The lowest BCUT2D eigenvalue weighted by Gasteiger charge is -2.40. The summed E-state index contributed by atoms with van der Waals surface area (Å²) in [6, 6.07) is 15.8. The first-order valence-corrected chi connectivity index (χ1v) is 13.2. The van der Waals surface area contributed by atoms with Crippen LogP contribution in [0, 0.1) is 5.82 Å². The van der Waals surface area contributed by atoms with Gasteiger partial charge in [0.1, 0.15) is 23.4 Å². The van der Waals surface area contributed by atoms with Crippen LogP contribution in [0.15, 0.2) is 71.5 Å². The van der Waals surface area contributed by atoms with Crippen LogP contribution in [0.5, 0.6) is 5.75 Å². The minimum absolute atomic E-state index is 0.0387. The molecule has 7 nitrogen and oxygen atoms in total. The highest BCUT2D eigenvalue weighted by Crippen LogP contribution is 2.33. The summed E-state index contributed by atoms with van der Waals surface area (Å²) in [5.41, 5.74) is -0.705. The number of amides is 1. The van der Waals surface area contributed by atoms with Crippen LogP contribution in [0.3, 0.4) is 0 Å². The lowest BCUT2D eigenvalue weighted by atomic mass is 10.0. The van der Waals surface area contributed by atoms with Crippen LogP contribution in [-0.4, -0.2) is 58.5 Å². The van der Waals surface area contributed by atoms with Gasteiger partial charge in [-0.15, -0.1) is 0 Å². The van der Waals surface area contributed by atoms with Gasteiger partial charge >= 0.3 is 6.18 Å². The Morgan fingerprint density at radius 1 is 1.05 bits per heavy atom. The zero-order chi connectivity index (χ0) is 29.3. The molecule has 0 aliphatic carbocycles. The lowest BCUT2D eigenvalue weighted by Crippen LogP contribution is -2.51. The van der Waals surface area contributed by atoms with Crippen molar-refractivity contribution in [3.8, 4) is 11.4 Å². The van der Waals surface area contributed by atoms with E-state index in [9.17, 15) is 27.2 Å². The highest BCUT2D eigenvalue weighted by Gasteiger charge is 2.36. The second kappa shape index (κ2) is 11.3. The Labute approximate surface area is 233 Å². The standard InChI is InChI=1S/C30H28F4N4O3/c1-3-41-21-11-9-20(10-12-21)38-28(35-25-7-5-4-6-22(25)29(38)40)26-18-36(2)14-15-37(26)27(39)17-19-8-13-24(31)23(16-19)30(32,33)34/h4-13,16,26H,3,14-15,17-18H2,1-2H3/t26-/m1/s1. The molecule has 3 aromatic carbocycles. The van der Waals surface area contributed by atoms with Crippen molar-refractivity contribution in [2.45, 2.75) is 25.6 Å². The van der Waals surface area contributed by atoms with E-state index in [0.717, 1.165) is 6.07 Å². The van der Waals surface area contributed by atoms with E-state index in [4.69, 9.17) is 9.72 Å². The molecule has 1 fully saturated rings. The summed E-state index contributed by atoms with van der Waals surface area (Å²) < 4.78 is 60.8. The van der Waals surface area contributed by atoms with Gasteiger partial charge in [-0.25, -0.2) is 9.37 Å². The molecule has 214 valence electrons. The summed E-state index contributed by atoms with van der Waals surface area (Å²) in [6.45, 7) is 3.46.